The van der Waals surface area contributed by atoms with Gasteiger partial charge in [0.25, 0.3) is 0 Å². The van der Waals surface area contributed by atoms with Gasteiger partial charge >= 0.3 is 0 Å². The number of amides is 1. The summed E-state index contributed by atoms with van der Waals surface area (Å²) in [6.07, 6.45) is 5.12. The molecule has 1 amide bonds. The van der Waals surface area contributed by atoms with Gasteiger partial charge in [0.2, 0.25) is 5.91 Å². The molecule has 0 aromatic carbocycles. The van der Waals surface area contributed by atoms with Crippen LogP contribution in [0.2, 0.25) is 0 Å². The minimum Gasteiger partial charge on any atom is -0.379 e. The molecule has 6 nitrogen and oxygen atoms in total. The molecule has 0 unspecified atom stereocenters. The molecule has 0 aliphatic carbocycles. The molecule has 1 aromatic rings. The lowest BCUT2D eigenvalue weighted by Gasteiger charge is -2.26. The summed E-state index contributed by atoms with van der Waals surface area (Å²) in [6, 6.07) is 0. The summed E-state index contributed by atoms with van der Waals surface area (Å²) in [7, 11) is 0. The van der Waals surface area contributed by atoms with E-state index < -0.39 is 0 Å². The second-order valence-corrected chi connectivity index (χ2v) is 4.23. The normalized spacial score (nSPS) is 16.4. The predicted molar refractivity (Wildman–Crippen MR) is 66.0 cm³/mol. The second-order valence-electron chi connectivity index (χ2n) is 4.23. The number of hydrogen-bond acceptors (Lipinski definition) is 5. The number of morpholine rings is 1. The molecular formula is C12H18N4O2. The zero-order chi connectivity index (χ0) is 12.6. The zero-order valence-corrected chi connectivity index (χ0v) is 10.3. The van der Waals surface area contributed by atoms with Crippen LogP contribution in [0.25, 0.3) is 0 Å². The molecule has 0 atom stereocenters. The Kier molecular flexibility index (Phi) is 5.04. The molecule has 0 radical (unpaired) electrons. The smallest absolute Gasteiger partial charge is 0.224 e. The van der Waals surface area contributed by atoms with Gasteiger partial charge in [0, 0.05) is 38.6 Å². The molecule has 1 fully saturated rings. The zero-order valence-electron chi connectivity index (χ0n) is 10.3. The fourth-order valence-electron chi connectivity index (χ4n) is 1.85. The van der Waals surface area contributed by atoms with Crippen LogP contribution in [0.15, 0.2) is 18.7 Å². The first kappa shape index (κ1) is 12.9. The molecule has 1 aliphatic rings. The van der Waals surface area contributed by atoms with Crippen LogP contribution in [0.3, 0.4) is 0 Å². The first-order chi connectivity index (χ1) is 8.84. The monoisotopic (exact) mass is 250 g/mol. The maximum absolute atomic E-state index is 11.6. The van der Waals surface area contributed by atoms with Crippen LogP contribution in [0.4, 0.5) is 0 Å². The van der Waals surface area contributed by atoms with Crippen LogP contribution in [0.5, 0.6) is 0 Å². The summed E-state index contributed by atoms with van der Waals surface area (Å²) in [5.74, 6) is 0.0121. The van der Waals surface area contributed by atoms with E-state index in [1.807, 2.05) is 0 Å². The molecule has 0 saturated carbocycles. The highest BCUT2D eigenvalue weighted by atomic mass is 16.5. The third kappa shape index (κ3) is 4.38. The van der Waals surface area contributed by atoms with Gasteiger partial charge in [-0.1, -0.05) is 0 Å². The number of carbonyl (C=O) groups excluding carboxylic acids is 1. The second kappa shape index (κ2) is 7.03. The third-order valence-corrected chi connectivity index (χ3v) is 2.83. The van der Waals surface area contributed by atoms with Gasteiger partial charge in [0.05, 0.1) is 19.6 Å². The number of rotatable bonds is 5. The number of aromatic nitrogens is 2. The molecule has 2 heterocycles. The minimum absolute atomic E-state index is 0.0121. The number of hydrogen-bond donors (Lipinski definition) is 1. The van der Waals surface area contributed by atoms with Gasteiger partial charge in [-0.05, 0) is 5.56 Å². The van der Waals surface area contributed by atoms with Crippen molar-refractivity contribution in [1.29, 1.82) is 0 Å². The molecule has 2 rings (SSSR count). The summed E-state index contributed by atoms with van der Waals surface area (Å²) < 4.78 is 5.26. The average molecular weight is 250 g/mol. The standard InChI is InChI=1S/C12H18N4O2/c17-12(7-11-8-13-10-14-9-11)15-1-2-16-3-5-18-6-4-16/h8-10H,1-7H2,(H,15,17). The molecule has 1 N–H and O–H groups in total. The maximum Gasteiger partial charge on any atom is 0.224 e. The van der Waals surface area contributed by atoms with Crippen molar-refractivity contribution in [1.82, 2.24) is 20.2 Å². The van der Waals surface area contributed by atoms with Crippen LogP contribution in [-0.4, -0.2) is 60.2 Å². The molecule has 1 aliphatic heterocycles. The fourth-order valence-corrected chi connectivity index (χ4v) is 1.85. The van der Waals surface area contributed by atoms with Gasteiger partial charge in [0.15, 0.2) is 0 Å². The average Bonchev–Trinajstić information content (AvgIpc) is 2.41. The SMILES string of the molecule is O=C(Cc1cncnc1)NCCN1CCOCC1. The summed E-state index contributed by atoms with van der Waals surface area (Å²) in [6.45, 7) is 5.02. The lowest BCUT2D eigenvalue weighted by molar-refractivity contribution is -0.120. The Labute approximate surface area is 106 Å². The lowest BCUT2D eigenvalue weighted by atomic mass is 10.2. The molecule has 0 spiro atoms. The Balaban J connectivity index is 1.62. The van der Waals surface area contributed by atoms with Crippen LogP contribution in [0.1, 0.15) is 5.56 Å². The van der Waals surface area contributed by atoms with Gasteiger partial charge < -0.3 is 10.1 Å². The van der Waals surface area contributed by atoms with Crippen molar-refractivity contribution >= 4 is 5.91 Å². The molecule has 1 aromatic heterocycles. The molecule has 1 saturated heterocycles. The van der Waals surface area contributed by atoms with Gasteiger partial charge in [-0.15, -0.1) is 0 Å². The summed E-state index contributed by atoms with van der Waals surface area (Å²) in [5.41, 5.74) is 0.835. The maximum atomic E-state index is 11.6. The van der Waals surface area contributed by atoms with E-state index in [1.54, 1.807) is 12.4 Å². The Morgan fingerprint density at radius 2 is 2.06 bits per heavy atom. The van der Waals surface area contributed by atoms with Crippen molar-refractivity contribution < 1.29 is 9.53 Å². The number of nitrogens with one attached hydrogen (secondary N) is 1. The van der Waals surface area contributed by atoms with Crippen molar-refractivity contribution in [3.05, 3.63) is 24.3 Å². The topological polar surface area (TPSA) is 67.4 Å². The Morgan fingerprint density at radius 3 is 2.78 bits per heavy atom. The molecule has 98 valence electrons. The predicted octanol–water partition coefficient (Wildman–Crippen LogP) is -0.532. The minimum atomic E-state index is 0.0121. The summed E-state index contributed by atoms with van der Waals surface area (Å²) in [4.78, 5) is 21.7. The number of ether oxygens (including phenoxy) is 1. The highest BCUT2D eigenvalue weighted by molar-refractivity contribution is 5.78. The van der Waals surface area contributed by atoms with Gasteiger partial charge in [0.1, 0.15) is 6.33 Å². The Bertz CT molecular complexity index is 366. The summed E-state index contributed by atoms with van der Waals surface area (Å²) in [5, 5.41) is 2.90. The van der Waals surface area contributed by atoms with Gasteiger partial charge in [-0.3, -0.25) is 9.69 Å². The first-order valence-corrected chi connectivity index (χ1v) is 6.15. The quantitative estimate of drug-likeness (QED) is 0.761. The van der Waals surface area contributed by atoms with Crippen molar-refractivity contribution in [3.8, 4) is 0 Å². The fraction of sp³-hybridized carbons (Fsp3) is 0.583. The summed E-state index contributed by atoms with van der Waals surface area (Å²) >= 11 is 0. The van der Waals surface area contributed by atoms with E-state index in [0.717, 1.165) is 38.4 Å². The largest absolute Gasteiger partial charge is 0.379 e. The van der Waals surface area contributed by atoms with E-state index in [0.29, 0.717) is 13.0 Å². The highest BCUT2D eigenvalue weighted by Crippen LogP contribution is 1.96. The lowest BCUT2D eigenvalue weighted by Crippen LogP contribution is -2.41. The van der Waals surface area contributed by atoms with Crippen molar-refractivity contribution in [2.45, 2.75) is 6.42 Å². The molecule has 0 bridgehead atoms. The van der Waals surface area contributed by atoms with Crippen LogP contribution in [0, 0.1) is 0 Å². The third-order valence-electron chi connectivity index (χ3n) is 2.83. The van der Waals surface area contributed by atoms with E-state index >= 15 is 0 Å². The number of nitrogens with zero attached hydrogens (tertiary/aromatic N) is 3. The van der Waals surface area contributed by atoms with E-state index in [2.05, 4.69) is 20.2 Å². The van der Waals surface area contributed by atoms with Gasteiger partial charge in [-0.2, -0.15) is 0 Å². The van der Waals surface area contributed by atoms with Crippen molar-refractivity contribution in [2.24, 2.45) is 0 Å². The molecular weight excluding hydrogens is 232 g/mol. The first-order valence-electron chi connectivity index (χ1n) is 6.15. The Hall–Kier alpha value is -1.53. The Morgan fingerprint density at radius 1 is 1.33 bits per heavy atom. The van der Waals surface area contributed by atoms with E-state index in [4.69, 9.17) is 4.74 Å². The van der Waals surface area contributed by atoms with Crippen molar-refractivity contribution in [2.75, 3.05) is 39.4 Å². The van der Waals surface area contributed by atoms with E-state index in [-0.39, 0.29) is 5.91 Å². The van der Waals surface area contributed by atoms with Crippen LogP contribution in [-0.2, 0) is 16.0 Å². The molecule has 18 heavy (non-hydrogen) atoms. The highest BCUT2D eigenvalue weighted by Gasteiger charge is 2.10. The molecule has 6 heteroatoms. The van der Waals surface area contributed by atoms with Crippen molar-refractivity contribution in [3.63, 3.8) is 0 Å². The van der Waals surface area contributed by atoms with E-state index in [9.17, 15) is 4.79 Å². The van der Waals surface area contributed by atoms with Crippen LogP contribution >= 0.6 is 0 Å². The number of carbonyl (C=O) groups is 1. The van der Waals surface area contributed by atoms with Gasteiger partial charge in [-0.25, -0.2) is 9.97 Å². The van der Waals surface area contributed by atoms with Crippen LogP contribution < -0.4 is 5.32 Å². The van der Waals surface area contributed by atoms with E-state index in [1.165, 1.54) is 6.33 Å².